The molecule has 3 rings (SSSR count). The van der Waals surface area contributed by atoms with E-state index in [9.17, 15) is 13.2 Å². The van der Waals surface area contributed by atoms with Gasteiger partial charge in [-0.15, -0.1) is 0 Å². The van der Waals surface area contributed by atoms with Gasteiger partial charge in [0.25, 0.3) is 5.91 Å². The molecule has 1 aromatic heterocycles. The minimum Gasteiger partial charge on any atom is -0.325 e. The van der Waals surface area contributed by atoms with E-state index in [2.05, 4.69) is 10.4 Å². The fourth-order valence-corrected chi connectivity index (χ4v) is 4.61. The molecule has 0 atom stereocenters. The van der Waals surface area contributed by atoms with Crippen LogP contribution in [0.15, 0.2) is 35.7 Å². The second-order valence-electron chi connectivity index (χ2n) is 7.30. The average molecular weight is 419 g/mol. The number of aromatic nitrogens is 2. The number of amides is 1. The van der Waals surface area contributed by atoms with E-state index in [1.807, 2.05) is 51.2 Å². The zero-order chi connectivity index (χ0) is 21.0. The fraction of sp³-hybridized carbons (Fsp3) is 0.400. The second-order valence-corrected chi connectivity index (χ2v) is 9.12. The molecule has 1 fully saturated rings. The van der Waals surface area contributed by atoms with Crippen molar-refractivity contribution < 1.29 is 18.1 Å². The molecule has 29 heavy (non-hydrogen) atoms. The van der Waals surface area contributed by atoms with Crippen molar-refractivity contribution in [3.8, 4) is 0 Å². The summed E-state index contributed by atoms with van der Waals surface area (Å²) in [5.74, 6) is -0.0838. The van der Waals surface area contributed by atoms with Crippen molar-refractivity contribution in [3.63, 3.8) is 0 Å². The Morgan fingerprint density at radius 2 is 1.86 bits per heavy atom. The molecule has 0 bridgehead atoms. The fourth-order valence-electron chi connectivity index (χ4n) is 3.41. The number of anilines is 1. The predicted octanol–water partition coefficient (Wildman–Crippen LogP) is 0.177. The number of nitrogens with one attached hydrogen (secondary N) is 2. The normalized spacial score (nSPS) is 16.4. The summed E-state index contributed by atoms with van der Waals surface area (Å²) in [6.07, 6.45) is 1.61. The van der Waals surface area contributed by atoms with Gasteiger partial charge in [-0.2, -0.15) is 9.40 Å². The van der Waals surface area contributed by atoms with E-state index in [0.717, 1.165) is 27.5 Å². The molecule has 0 saturated carbocycles. The van der Waals surface area contributed by atoms with Crippen LogP contribution in [-0.2, 0) is 21.9 Å². The maximum atomic E-state index is 12.5. The molecule has 1 aliphatic heterocycles. The summed E-state index contributed by atoms with van der Waals surface area (Å²) in [6, 6.07) is 9.35. The highest BCUT2D eigenvalue weighted by Gasteiger charge is 2.28. The number of rotatable bonds is 6. The number of carbonyl (C=O) groups excluding carboxylic acids is 1. The summed E-state index contributed by atoms with van der Waals surface area (Å²) >= 11 is 0. The lowest BCUT2D eigenvalue weighted by molar-refractivity contribution is -0.895. The summed E-state index contributed by atoms with van der Waals surface area (Å²) in [5, 5.41) is 8.50. The Morgan fingerprint density at radius 3 is 2.45 bits per heavy atom. The van der Waals surface area contributed by atoms with E-state index in [0.29, 0.717) is 32.7 Å². The first-order chi connectivity index (χ1) is 13.8. The van der Waals surface area contributed by atoms with Crippen LogP contribution in [0.4, 0.5) is 5.69 Å². The maximum absolute atomic E-state index is 12.5. The van der Waals surface area contributed by atoms with Crippen LogP contribution in [0.25, 0.3) is 6.08 Å². The number of sulfonamides is 1. The minimum absolute atomic E-state index is 0.0838. The van der Waals surface area contributed by atoms with Crippen molar-refractivity contribution in [2.45, 2.75) is 13.8 Å². The molecule has 1 saturated heterocycles. The van der Waals surface area contributed by atoms with Gasteiger partial charge < -0.3 is 10.2 Å². The molecule has 0 radical (unpaired) electrons. The molecule has 1 amide bonds. The lowest BCUT2D eigenvalue weighted by atomic mass is 10.2. The highest BCUT2D eigenvalue weighted by atomic mass is 32.2. The molecule has 0 aliphatic carbocycles. The monoisotopic (exact) mass is 418 g/mol. The number of hydrogen-bond donors (Lipinski definition) is 2. The molecule has 2 aromatic rings. The van der Waals surface area contributed by atoms with E-state index >= 15 is 0 Å². The Labute approximate surface area is 171 Å². The van der Waals surface area contributed by atoms with Crippen LogP contribution in [0.1, 0.15) is 17.0 Å². The van der Waals surface area contributed by atoms with Gasteiger partial charge >= 0.3 is 0 Å². The van der Waals surface area contributed by atoms with Crippen LogP contribution in [0.3, 0.4) is 0 Å². The van der Waals surface area contributed by atoms with Gasteiger partial charge in [-0.1, -0.05) is 30.3 Å². The minimum atomic E-state index is -3.46. The number of carbonyl (C=O) groups is 1. The standard InChI is InChI=1S/C20H27N5O3S/c1-16-20(17(2)23(3)22-16)21-19(26)15-24-10-12-25(13-11-24)29(27,28)14-9-18-7-5-4-6-8-18/h4-9,14H,10-13,15H2,1-3H3,(H,21,26)/p+1/b14-9+. The SMILES string of the molecule is Cc1nn(C)c(C)c1NC(=O)C[NH+]1CCN(S(=O)(=O)/C=C/c2ccccc2)CC1. The van der Waals surface area contributed by atoms with Crippen LogP contribution in [0.5, 0.6) is 0 Å². The largest absolute Gasteiger partial charge is 0.325 e. The lowest BCUT2D eigenvalue weighted by Gasteiger charge is -2.30. The van der Waals surface area contributed by atoms with Gasteiger partial charge in [-0.25, -0.2) is 8.42 Å². The predicted molar refractivity (Wildman–Crippen MR) is 113 cm³/mol. The van der Waals surface area contributed by atoms with Crippen LogP contribution >= 0.6 is 0 Å². The number of benzene rings is 1. The summed E-state index contributed by atoms with van der Waals surface area (Å²) < 4.78 is 28.3. The van der Waals surface area contributed by atoms with Crippen molar-refractivity contribution in [3.05, 3.63) is 52.7 Å². The molecular formula is C20H28N5O3S+. The van der Waals surface area contributed by atoms with Crippen LogP contribution < -0.4 is 10.2 Å². The van der Waals surface area contributed by atoms with Gasteiger partial charge in [-0.3, -0.25) is 9.48 Å². The zero-order valence-electron chi connectivity index (χ0n) is 17.1. The third kappa shape index (κ3) is 5.31. The quantitative estimate of drug-likeness (QED) is 0.700. The molecular weight excluding hydrogens is 390 g/mol. The van der Waals surface area contributed by atoms with Gasteiger partial charge in [0, 0.05) is 12.5 Å². The number of hydrogen-bond acceptors (Lipinski definition) is 4. The highest BCUT2D eigenvalue weighted by Crippen LogP contribution is 2.17. The van der Waals surface area contributed by atoms with E-state index in [1.54, 1.807) is 10.8 Å². The molecule has 1 aliphatic rings. The number of aryl methyl sites for hydroxylation is 2. The van der Waals surface area contributed by atoms with Crippen molar-refractivity contribution in [1.29, 1.82) is 0 Å². The van der Waals surface area contributed by atoms with Crippen LogP contribution in [-0.4, -0.2) is 61.1 Å². The molecule has 1 aromatic carbocycles. The summed E-state index contributed by atoms with van der Waals surface area (Å²) in [7, 11) is -1.62. The molecule has 2 heterocycles. The van der Waals surface area contributed by atoms with Gasteiger partial charge in [0.1, 0.15) is 0 Å². The Kier molecular flexibility index (Phi) is 6.51. The highest BCUT2D eigenvalue weighted by molar-refractivity contribution is 7.92. The van der Waals surface area contributed by atoms with Crippen LogP contribution in [0, 0.1) is 13.8 Å². The Morgan fingerprint density at radius 1 is 1.21 bits per heavy atom. The molecule has 0 spiro atoms. The number of nitrogens with zero attached hydrogens (tertiary/aromatic N) is 3. The van der Waals surface area contributed by atoms with E-state index in [1.165, 1.54) is 9.71 Å². The first-order valence-corrected chi connectivity index (χ1v) is 11.1. The summed E-state index contributed by atoms with van der Waals surface area (Å²) in [6.45, 7) is 6.07. The van der Waals surface area contributed by atoms with E-state index in [-0.39, 0.29) is 5.91 Å². The smallest absolute Gasteiger partial charge is 0.279 e. The number of quaternary nitrogens is 1. The van der Waals surface area contributed by atoms with Gasteiger partial charge in [-0.05, 0) is 25.5 Å². The van der Waals surface area contributed by atoms with Crippen molar-refractivity contribution >= 4 is 27.7 Å². The van der Waals surface area contributed by atoms with E-state index in [4.69, 9.17) is 0 Å². The van der Waals surface area contributed by atoms with Crippen molar-refractivity contribution in [2.75, 3.05) is 38.0 Å². The van der Waals surface area contributed by atoms with Gasteiger partial charge in [0.2, 0.25) is 10.0 Å². The van der Waals surface area contributed by atoms with Gasteiger partial charge in [0.15, 0.2) is 6.54 Å². The molecule has 156 valence electrons. The van der Waals surface area contributed by atoms with E-state index < -0.39 is 10.0 Å². The third-order valence-corrected chi connectivity index (χ3v) is 6.77. The molecule has 9 heteroatoms. The Bertz CT molecular complexity index is 991. The number of piperazine rings is 1. The average Bonchev–Trinajstić information content (AvgIpc) is 2.94. The zero-order valence-corrected chi connectivity index (χ0v) is 17.9. The molecule has 0 unspecified atom stereocenters. The lowest BCUT2D eigenvalue weighted by Crippen LogP contribution is -3.15. The molecule has 8 nitrogen and oxygen atoms in total. The third-order valence-electron chi connectivity index (χ3n) is 5.21. The first-order valence-electron chi connectivity index (χ1n) is 9.63. The second kappa shape index (κ2) is 8.89. The Hall–Kier alpha value is -2.49. The van der Waals surface area contributed by atoms with Crippen molar-refractivity contribution in [1.82, 2.24) is 14.1 Å². The Balaban J connectivity index is 1.52. The van der Waals surface area contributed by atoms with Crippen LogP contribution in [0.2, 0.25) is 0 Å². The molecule has 2 N–H and O–H groups in total. The summed E-state index contributed by atoms with van der Waals surface area (Å²) in [5.41, 5.74) is 3.29. The summed E-state index contributed by atoms with van der Waals surface area (Å²) in [4.78, 5) is 13.5. The maximum Gasteiger partial charge on any atom is 0.279 e. The first kappa shape index (κ1) is 21.2. The van der Waals surface area contributed by atoms with Crippen molar-refractivity contribution in [2.24, 2.45) is 7.05 Å². The topological polar surface area (TPSA) is 88.7 Å². The van der Waals surface area contributed by atoms with Gasteiger partial charge in [0.05, 0.1) is 43.3 Å².